The average molecular weight is 241 g/mol. The van der Waals surface area contributed by atoms with Crippen molar-refractivity contribution in [2.75, 3.05) is 12.9 Å². The van der Waals surface area contributed by atoms with Crippen LogP contribution in [0.4, 0.5) is 4.39 Å². The molecule has 0 bridgehead atoms. The quantitative estimate of drug-likeness (QED) is 0.800. The van der Waals surface area contributed by atoms with Crippen LogP contribution in [0.25, 0.3) is 0 Å². The normalized spacial score (nSPS) is 24.4. The topological polar surface area (TPSA) is 38.3 Å². The van der Waals surface area contributed by atoms with Gasteiger partial charge in [-0.25, -0.2) is 4.39 Å². The van der Waals surface area contributed by atoms with E-state index >= 15 is 0 Å². The number of methoxy groups -OCH3 is 1. The van der Waals surface area contributed by atoms with Crippen molar-refractivity contribution in [1.29, 1.82) is 0 Å². The molecule has 1 N–H and O–H groups in total. The molecule has 5 heteroatoms. The van der Waals surface area contributed by atoms with Gasteiger partial charge in [0.15, 0.2) is 0 Å². The van der Waals surface area contributed by atoms with Crippen LogP contribution in [0.3, 0.4) is 0 Å². The summed E-state index contributed by atoms with van der Waals surface area (Å²) in [6, 6.07) is 6.01. The zero-order valence-electron chi connectivity index (χ0n) is 8.77. The van der Waals surface area contributed by atoms with Crippen LogP contribution in [0.5, 0.6) is 0 Å². The SMILES string of the molecule is COC(=O)[C@@H]1CSC(c2ccc(F)cc2)N1. The van der Waals surface area contributed by atoms with E-state index in [1.54, 1.807) is 23.9 Å². The van der Waals surface area contributed by atoms with Crippen molar-refractivity contribution in [2.45, 2.75) is 11.4 Å². The number of esters is 1. The first kappa shape index (κ1) is 11.4. The van der Waals surface area contributed by atoms with Gasteiger partial charge in [-0.2, -0.15) is 0 Å². The maximum absolute atomic E-state index is 12.7. The smallest absolute Gasteiger partial charge is 0.323 e. The predicted molar refractivity (Wildman–Crippen MR) is 60.5 cm³/mol. The van der Waals surface area contributed by atoms with Crippen molar-refractivity contribution in [1.82, 2.24) is 5.32 Å². The maximum Gasteiger partial charge on any atom is 0.323 e. The lowest BCUT2D eigenvalue weighted by Crippen LogP contribution is -2.34. The molecule has 0 amide bonds. The van der Waals surface area contributed by atoms with Crippen LogP contribution in [0.15, 0.2) is 24.3 Å². The molecule has 1 fully saturated rings. The predicted octanol–water partition coefficient (Wildman–Crippen LogP) is 1.70. The van der Waals surface area contributed by atoms with E-state index in [1.165, 1.54) is 19.2 Å². The van der Waals surface area contributed by atoms with Gasteiger partial charge in [-0.05, 0) is 17.7 Å². The number of carbonyl (C=O) groups excluding carboxylic acids is 1. The zero-order chi connectivity index (χ0) is 11.5. The number of rotatable bonds is 2. The Morgan fingerprint density at radius 3 is 2.81 bits per heavy atom. The van der Waals surface area contributed by atoms with Crippen molar-refractivity contribution in [3.8, 4) is 0 Å². The molecule has 0 saturated carbocycles. The van der Waals surface area contributed by atoms with Gasteiger partial charge in [0.25, 0.3) is 0 Å². The van der Waals surface area contributed by atoms with Crippen LogP contribution in [0.2, 0.25) is 0 Å². The van der Waals surface area contributed by atoms with Crippen LogP contribution < -0.4 is 5.32 Å². The molecule has 0 radical (unpaired) electrons. The minimum atomic E-state index is -0.273. The number of hydrogen-bond acceptors (Lipinski definition) is 4. The largest absolute Gasteiger partial charge is 0.468 e. The second kappa shape index (κ2) is 4.84. The third-order valence-electron chi connectivity index (χ3n) is 2.44. The second-order valence-electron chi connectivity index (χ2n) is 3.51. The lowest BCUT2D eigenvalue weighted by atomic mass is 10.2. The fourth-order valence-electron chi connectivity index (χ4n) is 1.58. The Kier molecular flexibility index (Phi) is 3.46. The van der Waals surface area contributed by atoms with E-state index in [4.69, 9.17) is 0 Å². The Labute approximate surface area is 97.4 Å². The lowest BCUT2D eigenvalue weighted by Gasteiger charge is -2.11. The first-order valence-electron chi connectivity index (χ1n) is 4.91. The molecule has 0 aromatic heterocycles. The molecular formula is C11H12FNO2S. The molecule has 2 rings (SSSR count). The highest BCUT2D eigenvalue weighted by atomic mass is 32.2. The monoisotopic (exact) mass is 241 g/mol. The van der Waals surface area contributed by atoms with E-state index < -0.39 is 0 Å². The van der Waals surface area contributed by atoms with E-state index in [-0.39, 0.29) is 23.2 Å². The standard InChI is InChI=1S/C11H12FNO2S/c1-15-11(14)9-6-16-10(13-9)7-2-4-8(12)5-3-7/h2-5,9-10,13H,6H2,1H3/t9-,10?/m0/s1. The van der Waals surface area contributed by atoms with Gasteiger partial charge in [-0.15, -0.1) is 11.8 Å². The van der Waals surface area contributed by atoms with Gasteiger partial charge in [-0.3, -0.25) is 10.1 Å². The summed E-state index contributed by atoms with van der Waals surface area (Å²) in [6.07, 6.45) is 0. The van der Waals surface area contributed by atoms with Gasteiger partial charge in [0.1, 0.15) is 11.9 Å². The number of benzene rings is 1. The fraction of sp³-hybridized carbons (Fsp3) is 0.364. The molecule has 1 aliphatic rings. The molecule has 1 aromatic carbocycles. The summed E-state index contributed by atoms with van der Waals surface area (Å²) in [4.78, 5) is 11.3. The van der Waals surface area contributed by atoms with Crippen LogP contribution in [0, 0.1) is 5.82 Å². The summed E-state index contributed by atoms with van der Waals surface area (Å²) >= 11 is 1.62. The van der Waals surface area contributed by atoms with Gasteiger partial charge in [0.2, 0.25) is 0 Å². The maximum atomic E-state index is 12.7. The van der Waals surface area contributed by atoms with Gasteiger partial charge in [0, 0.05) is 5.75 Å². The molecule has 1 saturated heterocycles. The lowest BCUT2D eigenvalue weighted by molar-refractivity contribution is -0.142. The van der Waals surface area contributed by atoms with Crippen LogP contribution in [-0.2, 0) is 9.53 Å². The molecule has 16 heavy (non-hydrogen) atoms. The number of carbonyl (C=O) groups is 1. The van der Waals surface area contributed by atoms with Gasteiger partial charge >= 0.3 is 5.97 Å². The van der Waals surface area contributed by atoms with E-state index in [2.05, 4.69) is 10.1 Å². The molecule has 86 valence electrons. The van der Waals surface area contributed by atoms with Crippen LogP contribution in [-0.4, -0.2) is 24.9 Å². The van der Waals surface area contributed by atoms with E-state index in [0.717, 1.165) is 5.56 Å². The summed E-state index contributed by atoms with van der Waals surface area (Å²) in [7, 11) is 1.37. The number of halogens is 1. The summed E-state index contributed by atoms with van der Waals surface area (Å²) in [5, 5.41) is 3.18. The van der Waals surface area contributed by atoms with Crippen molar-refractivity contribution in [3.05, 3.63) is 35.6 Å². The van der Waals surface area contributed by atoms with Crippen molar-refractivity contribution in [3.63, 3.8) is 0 Å². The highest BCUT2D eigenvalue weighted by molar-refractivity contribution is 7.99. The highest BCUT2D eigenvalue weighted by Crippen LogP contribution is 2.32. The third-order valence-corrected chi connectivity index (χ3v) is 3.71. The first-order chi connectivity index (χ1) is 7.70. The Hall–Kier alpha value is -1.07. The molecule has 1 unspecified atom stereocenters. The molecule has 2 atom stereocenters. The van der Waals surface area contributed by atoms with Crippen molar-refractivity contribution in [2.24, 2.45) is 0 Å². The molecule has 1 aliphatic heterocycles. The number of hydrogen-bond donors (Lipinski definition) is 1. The zero-order valence-corrected chi connectivity index (χ0v) is 9.59. The molecule has 0 aliphatic carbocycles. The third kappa shape index (κ3) is 2.36. The van der Waals surface area contributed by atoms with E-state index in [0.29, 0.717) is 5.75 Å². The number of nitrogens with one attached hydrogen (secondary N) is 1. The Morgan fingerprint density at radius 2 is 2.19 bits per heavy atom. The summed E-state index contributed by atoms with van der Waals surface area (Å²) < 4.78 is 17.4. The minimum absolute atomic E-state index is 0.0321. The molecule has 0 spiro atoms. The average Bonchev–Trinajstić information content (AvgIpc) is 2.78. The first-order valence-corrected chi connectivity index (χ1v) is 5.96. The van der Waals surface area contributed by atoms with Gasteiger partial charge < -0.3 is 4.74 Å². The number of ether oxygens (including phenoxy) is 1. The molecule has 3 nitrogen and oxygen atoms in total. The summed E-state index contributed by atoms with van der Waals surface area (Å²) in [5.74, 6) is 0.169. The van der Waals surface area contributed by atoms with E-state index in [9.17, 15) is 9.18 Å². The van der Waals surface area contributed by atoms with Gasteiger partial charge in [0.05, 0.1) is 12.5 Å². The van der Waals surface area contributed by atoms with E-state index in [1.807, 2.05) is 0 Å². The van der Waals surface area contributed by atoms with Crippen LogP contribution in [0.1, 0.15) is 10.9 Å². The Morgan fingerprint density at radius 1 is 1.50 bits per heavy atom. The molecule has 1 aromatic rings. The van der Waals surface area contributed by atoms with Crippen molar-refractivity contribution >= 4 is 17.7 Å². The minimum Gasteiger partial charge on any atom is -0.468 e. The second-order valence-corrected chi connectivity index (χ2v) is 4.65. The molecule has 1 heterocycles. The molecular weight excluding hydrogens is 229 g/mol. The fourth-order valence-corrected chi connectivity index (χ4v) is 2.81. The Balaban J connectivity index is 2.03. The highest BCUT2D eigenvalue weighted by Gasteiger charge is 2.30. The summed E-state index contributed by atoms with van der Waals surface area (Å²) in [5.41, 5.74) is 0.970. The van der Waals surface area contributed by atoms with Crippen LogP contribution >= 0.6 is 11.8 Å². The summed E-state index contributed by atoms with van der Waals surface area (Å²) in [6.45, 7) is 0. The number of thioether (sulfide) groups is 1. The van der Waals surface area contributed by atoms with Gasteiger partial charge in [-0.1, -0.05) is 12.1 Å². The van der Waals surface area contributed by atoms with Crippen molar-refractivity contribution < 1.29 is 13.9 Å². The Bertz CT molecular complexity index is 382.